The van der Waals surface area contributed by atoms with Crippen molar-refractivity contribution in [3.8, 4) is 0 Å². The maximum atomic E-state index is 9.70. The third kappa shape index (κ3) is 2.80. The smallest absolute Gasteiger partial charge is 0.0527 e. The molecule has 1 N–H and O–H groups in total. The Hall–Kier alpha value is -1.17. The van der Waals surface area contributed by atoms with Crippen molar-refractivity contribution in [1.29, 1.82) is 0 Å². The maximum absolute atomic E-state index is 9.70. The van der Waals surface area contributed by atoms with Gasteiger partial charge >= 0.3 is 0 Å². The van der Waals surface area contributed by atoms with Crippen molar-refractivity contribution in [2.45, 2.75) is 19.0 Å². The second kappa shape index (κ2) is 5.65. The first-order chi connectivity index (χ1) is 8.65. The maximum Gasteiger partial charge on any atom is 0.0527 e. The molecule has 0 aromatic heterocycles. The van der Waals surface area contributed by atoms with Gasteiger partial charge in [0.1, 0.15) is 0 Å². The molecule has 0 aliphatic carbocycles. The lowest BCUT2D eigenvalue weighted by molar-refractivity contribution is 0.263. The van der Waals surface area contributed by atoms with Crippen LogP contribution in [-0.4, -0.2) is 16.9 Å². The summed E-state index contributed by atoms with van der Waals surface area (Å²) in [6, 6.07) is 21.0. The fraction of sp³-hybridized carbons (Fsp3) is 0.250. The van der Waals surface area contributed by atoms with Gasteiger partial charge in [-0.15, -0.1) is 0 Å². The van der Waals surface area contributed by atoms with Gasteiger partial charge in [-0.3, -0.25) is 0 Å². The van der Waals surface area contributed by atoms with Crippen molar-refractivity contribution >= 4 is 18.5 Å². The van der Waals surface area contributed by atoms with Crippen LogP contribution in [0.2, 0.25) is 0 Å². The molecule has 0 unspecified atom stereocenters. The van der Waals surface area contributed by atoms with E-state index in [2.05, 4.69) is 62.4 Å². The molecule has 0 heterocycles. The average molecular weight is 258 g/mol. The molecule has 2 aromatic carbocycles. The molecule has 0 aliphatic heterocycles. The highest BCUT2D eigenvalue weighted by molar-refractivity contribution is 7.74. The first-order valence-corrected chi connectivity index (χ1v) is 7.50. The molecule has 2 aromatic rings. The quantitative estimate of drug-likeness (QED) is 0.836. The molecular weight excluding hydrogens is 239 g/mol. The monoisotopic (exact) mass is 258 g/mol. The molecule has 0 amide bonds. The predicted octanol–water partition coefficient (Wildman–Crippen LogP) is 2.89. The van der Waals surface area contributed by atoms with Crippen LogP contribution in [0.5, 0.6) is 0 Å². The largest absolute Gasteiger partial charge is 0.395 e. The van der Waals surface area contributed by atoms with Gasteiger partial charge in [-0.25, -0.2) is 0 Å². The van der Waals surface area contributed by atoms with E-state index in [1.807, 2.05) is 12.1 Å². The lowest BCUT2D eigenvalue weighted by atomic mass is 10.2. The molecule has 0 fully saturated rings. The molecule has 0 atom stereocenters. The lowest BCUT2D eigenvalue weighted by Crippen LogP contribution is -2.32. The summed E-state index contributed by atoms with van der Waals surface area (Å²) in [5, 5.41) is 12.2. The number of aliphatic hydroxyl groups is 1. The summed E-state index contributed by atoms with van der Waals surface area (Å²) in [5.41, 5.74) is 0. The average Bonchev–Trinajstić information content (AvgIpc) is 2.41. The highest BCUT2D eigenvalue weighted by Crippen LogP contribution is 2.47. The Morgan fingerprint density at radius 2 is 1.22 bits per heavy atom. The van der Waals surface area contributed by atoms with Crippen LogP contribution in [0, 0.1) is 0 Å². The molecular formula is C16H19OP. The fourth-order valence-electron chi connectivity index (χ4n) is 2.07. The second-order valence-corrected chi connectivity index (χ2v) is 7.89. The molecule has 94 valence electrons. The lowest BCUT2D eigenvalue weighted by Gasteiger charge is -2.34. The second-order valence-electron chi connectivity index (χ2n) is 4.98. The molecule has 2 heteroatoms. The molecule has 0 aliphatic rings. The Labute approximate surface area is 110 Å². The minimum absolute atomic E-state index is 0.113. The molecule has 2 rings (SSSR count). The van der Waals surface area contributed by atoms with Crippen molar-refractivity contribution in [2.24, 2.45) is 0 Å². The van der Waals surface area contributed by atoms with E-state index < -0.39 is 7.92 Å². The van der Waals surface area contributed by atoms with E-state index in [9.17, 15) is 5.11 Å². The summed E-state index contributed by atoms with van der Waals surface area (Å²) in [6.07, 6.45) is 0. The Bertz CT molecular complexity index is 439. The predicted molar refractivity (Wildman–Crippen MR) is 80.2 cm³/mol. The molecule has 0 bridgehead atoms. The van der Waals surface area contributed by atoms with Gasteiger partial charge in [0.05, 0.1) is 6.61 Å². The summed E-state index contributed by atoms with van der Waals surface area (Å²) < 4.78 is 0. The first kappa shape index (κ1) is 13.3. The molecule has 0 spiro atoms. The highest BCUT2D eigenvalue weighted by atomic mass is 31.1. The van der Waals surface area contributed by atoms with Gasteiger partial charge in [0.15, 0.2) is 0 Å². The molecule has 0 saturated carbocycles. The summed E-state index contributed by atoms with van der Waals surface area (Å²) in [7, 11) is -0.544. The first-order valence-electron chi connectivity index (χ1n) is 6.16. The summed E-state index contributed by atoms with van der Waals surface area (Å²) in [6.45, 7) is 4.47. The zero-order valence-corrected chi connectivity index (χ0v) is 11.8. The minimum atomic E-state index is -0.544. The zero-order valence-electron chi connectivity index (χ0n) is 10.9. The van der Waals surface area contributed by atoms with Crippen molar-refractivity contribution < 1.29 is 5.11 Å². The topological polar surface area (TPSA) is 20.2 Å². The third-order valence-corrected chi connectivity index (χ3v) is 6.00. The minimum Gasteiger partial charge on any atom is -0.395 e. The van der Waals surface area contributed by atoms with Crippen molar-refractivity contribution in [2.75, 3.05) is 6.61 Å². The standard InChI is InChI=1S/C16H19OP/c1-16(2,13-17)18(14-9-5-3-6-10-14)15-11-7-4-8-12-15/h3-12,17H,13H2,1-2H3. The normalized spacial score (nSPS) is 11.8. The van der Waals surface area contributed by atoms with Crippen LogP contribution < -0.4 is 10.6 Å². The number of hydrogen-bond donors (Lipinski definition) is 1. The van der Waals surface area contributed by atoms with Gasteiger partial charge in [-0.1, -0.05) is 74.5 Å². The van der Waals surface area contributed by atoms with Gasteiger partial charge < -0.3 is 5.11 Å². The van der Waals surface area contributed by atoms with Gasteiger partial charge in [0, 0.05) is 5.16 Å². The number of benzene rings is 2. The van der Waals surface area contributed by atoms with E-state index in [-0.39, 0.29) is 11.8 Å². The SMILES string of the molecule is CC(C)(CO)P(c1ccccc1)c1ccccc1. The van der Waals surface area contributed by atoms with Crippen LogP contribution >= 0.6 is 7.92 Å². The Morgan fingerprint density at radius 3 is 1.56 bits per heavy atom. The Balaban J connectivity index is 2.49. The van der Waals surface area contributed by atoms with Gasteiger partial charge in [-0.05, 0) is 18.5 Å². The highest BCUT2D eigenvalue weighted by Gasteiger charge is 2.30. The molecule has 0 radical (unpaired) electrons. The van der Waals surface area contributed by atoms with Gasteiger partial charge in [0.25, 0.3) is 0 Å². The fourth-order valence-corrected chi connectivity index (χ4v) is 4.85. The Kier molecular flexibility index (Phi) is 4.16. The van der Waals surface area contributed by atoms with Crippen molar-refractivity contribution in [3.05, 3.63) is 60.7 Å². The van der Waals surface area contributed by atoms with Crippen LogP contribution in [0.1, 0.15) is 13.8 Å². The van der Waals surface area contributed by atoms with E-state index in [0.29, 0.717) is 0 Å². The summed E-state index contributed by atoms with van der Waals surface area (Å²) in [4.78, 5) is 0. The third-order valence-electron chi connectivity index (χ3n) is 3.02. The van der Waals surface area contributed by atoms with E-state index in [0.717, 1.165) is 0 Å². The van der Waals surface area contributed by atoms with Crippen molar-refractivity contribution in [1.82, 2.24) is 0 Å². The molecule has 1 nitrogen and oxygen atoms in total. The summed E-state index contributed by atoms with van der Waals surface area (Å²) >= 11 is 0. The van der Waals surface area contributed by atoms with E-state index >= 15 is 0 Å². The van der Waals surface area contributed by atoms with Crippen LogP contribution in [-0.2, 0) is 0 Å². The molecule has 18 heavy (non-hydrogen) atoms. The van der Waals surface area contributed by atoms with E-state index in [1.54, 1.807) is 0 Å². The van der Waals surface area contributed by atoms with E-state index in [1.165, 1.54) is 10.6 Å². The van der Waals surface area contributed by atoms with Crippen LogP contribution in [0.15, 0.2) is 60.7 Å². The van der Waals surface area contributed by atoms with Crippen molar-refractivity contribution in [3.63, 3.8) is 0 Å². The zero-order chi connectivity index (χ0) is 13.0. The molecule has 0 saturated heterocycles. The van der Waals surface area contributed by atoms with Gasteiger partial charge in [-0.2, -0.15) is 0 Å². The Morgan fingerprint density at radius 1 is 0.833 bits per heavy atom. The summed E-state index contributed by atoms with van der Waals surface area (Å²) in [5.74, 6) is 0. The van der Waals surface area contributed by atoms with Crippen LogP contribution in [0.4, 0.5) is 0 Å². The van der Waals surface area contributed by atoms with Crippen LogP contribution in [0.3, 0.4) is 0 Å². The van der Waals surface area contributed by atoms with Crippen LogP contribution in [0.25, 0.3) is 0 Å². The number of aliphatic hydroxyl groups excluding tert-OH is 1. The number of hydrogen-bond acceptors (Lipinski definition) is 1. The van der Waals surface area contributed by atoms with E-state index in [4.69, 9.17) is 0 Å². The van der Waals surface area contributed by atoms with Gasteiger partial charge in [0.2, 0.25) is 0 Å². The number of rotatable bonds is 4.